The van der Waals surface area contributed by atoms with E-state index in [1.165, 1.54) is 29.8 Å². The van der Waals surface area contributed by atoms with E-state index in [1.54, 1.807) is 4.90 Å². The van der Waals surface area contributed by atoms with E-state index in [0.717, 1.165) is 6.42 Å². The lowest BCUT2D eigenvalue weighted by molar-refractivity contribution is -0.125. The second-order valence-corrected chi connectivity index (χ2v) is 6.45. The third-order valence-electron chi connectivity index (χ3n) is 4.73. The molecule has 1 saturated heterocycles. The molecule has 0 saturated carbocycles. The number of benzene rings is 2. The lowest BCUT2D eigenvalue weighted by Crippen LogP contribution is -2.59. The maximum absolute atomic E-state index is 13.0. The zero-order valence-electron chi connectivity index (χ0n) is 14.5. The maximum Gasteiger partial charge on any atom is 0.253 e. The molecule has 0 radical (unpaired) electrons. The van der Waals surface area contributed by atoms with E-state index < -0.39 is 11.9 Å². The van der Waals surface area contributed by atoms with Crippen molar-refractivity contribution in [1.29, 1.82) is 0 Å². The molecule has 1 aliphatic heterocycles. The van der Waals surface area contributed by atoms with Gasteiger partial charge in [0.2, 0.25) is 5.91 Å². The van der Waals surface area contributed by atoms with Gasteiger partial charge in [0.25, 0.3) is 5.91 Å². The number of carbonyl (C=O) groups is 2. The average Bonchev–Trinajstić information content (AvgIpc) is 2.67. The summed E-state index contributed by atoms with van der Waals surface area (Å²) in [6, 6.07) is 15.0. The number of primary amides is 1. The molecule has 0 bridgehead atoms. The van der Waals surface area contributed by atoms with Crippen molar-refractivity contribution in [2.45, 2.75) is 12.5 Å². The first-order valence-corrected chi connectivity index (χ1v) is 8.67. The Morgan fingerprint density at radius 3 is 2.38 bits per heavy atom. The summed E-state index contributed by atoms with van der Waals surface area (Å²) in [5.74, 6) is -1.03. The fraction of sp³-hybridized carbons (Fsp3) is 0.300. The zero-order valence-corrected chi connectivity index (χ0v) is 14.5. The molecule has 2 aromatic rings. The number of hydrogen-bond acceptors (Lipinski definition) is 3. The fourth-order valence-electron chi connectivity index (χ4n) is 3.23. The smallest absolute Gasteiger partial charge is 0.253 e. The SMILES string of the molecule is NC(=O)[C@@H]1CN(C(=O)c2ccc(F)cc2)CCN1CCc1ccccc1. The molecule has 0 spiro atoms. The fourth-order valence-corrected chi connectivity index (χ4v) is 3.23. The second-order valence-electron chi connectivity index (χ2n) is 6.45. The van der Waals surface area contributed by atoms with Gasteiger partial charge in [-0.05, 0) is 36.2 Å². The molecule has 136 valence electrons. The Bertz CT molecular complexity index is 764. The van der Waals surface area contributed by atoms with Crippen LogP contribution in [0.2, 0.25) is 0 Å². The van der Waals surface area contributed by atoms with E-state index in [2.05, 4.69) is 0 Å². The number of carbonyl (C=O) groups excluding carboxylic acids is 2. The highest BCUT2D eigenvalue weighted by molar-refractivity contribution is 5.94. The van der Waals surface area contributed by atoms with Gasteiger partial charge in [0.15, 0.2) is 0 Å². The molecule has 1 heterocycles. The van der Waals surface area contributed by atoms with Crippen LogP contribution >= 0.6 is 0 Å². The van der Waals surface area contributed by atoms with E-state index in [-0.39, 0.29) is 18.3 Å². The van der Waals surface area contributed by atoms with E-state index >= 15 is 0 Å². The Kier molecular flexibility index (Phi) is 5.63. The van der Waals surface area contributed by atoms with Gasteiger partial charge in [-0.2, -0.15) is 0 Å². The Morgan fingerprint density at radius 1 is 1.04 bits per heavy atom. The molecular formula is C20H22FN3O2. The Hall–Kier alpha value is -2.73. The van der Waals surface area contributed by atoms with Gasteiger partial charge >= 0.3 is 0 Å². The molecule has 2 aromatic carbocycles. The van der Waals surface area contributed by atoms with Crippen molar-refractivity contribution < 1.29 is 14.0 Å². The quantitative estimate of drug-likeness (QED) is 0.887. The number of rotatable bonds is 5. The largest absolute Gasteiger partial charge is 0.368 e. The molecule has 6 heteroatoms. The molecule has 0 aliphatic carbocycles. The van der Waals surface area contributed by atoms with Crippen LogP contribution in [0.3, 0.4) is 0 Å². The van der Waals surface area contributed by atoms with Crippen LogP contribution in [-0.4, -0.2) is 53.8 Å². The molecule has 26 heavy (non-hydrogen) atoms. The summed E-state index contributed by atoms with van der Waals surface area (Å²) in [5.41, 5.74) is 7.18. The van der Waals surface area contributed by atoms with Gasteiger partial charge < -0.3 is 10.6 Å². The van der Waals surface area contributed by atoms with Gasteiger partial charge in [-0.25, -0.2) is 4.39 Å². The number of hydrogen-bond donors (Lipinski definition) is 1. The van der Waals surface area contributed by atoms with Crippen LogP contribution in [-0.2, 0) is 11.2 Å². The molecule has 0 aromatic heterocycles. The number of amides is 2. The minimum atomic E-state index is -0.517. The minimum Gasteiger partial charge on any atom is -0.368 e. The van der Waals surface area contributed by atoms with E-state index in [4.69, 9.17) is 5.73 Å². The van der Waals surface area contributed by atoms with E-state index in [1.807, 2.05) is 35.2 Å². The maximum atomic E-state index is 13.0. The lowest BCUT2D eigenvalue weighted by Gasteiger charge is -2.40. The molecular weight excluding hydrogens is 333 g/mol. The van der Waals surface area contributed by atoms with Crippen LogP contribution in [0.25, 0.3) is 0 Å². The monoisotopic (exact) mass is 355 g/mol. The number of nitrogens with two attached hydrogens (primary N) is 1. The predicted molar refractivity (Wildman–Crippen MR) is 97.0 cm³/mol. The predicted octanol–water partition coefficient (Wildman–Crippen LogP) is 1.68. The Labute approximate surface area is 152 Å². The topological polar surface area (TPSA) is 66.6 Å². The van der Waals surface area contributed by atoms with Crippen LogP contribution in [0.4, 0.5) is 4.39 Å². The molecule has 0 unspecified atom stereocenters. The first kappa shape index (κ1) is 18.1. The molecule has 1 aliphatic rings. The van der Waals surface area contributed by atoms with Gasteiger partial charge in [0, 0.05) is 31.7 Å². The summed E-state index contributed by atoms with van der Waals surface area (Å²) in [6.07, 6.45) is 0.816. The third kappa shape index (κ3) is 4.26. The summed E-state index contributed by atoms with van der Waals surface area (Å²) >= 11 is 0. The van der Waals surface area contributed by atoms with Gasteiger partial charge in [0.1, 0.15) is 11.9 Å². The second kappa shape index (κ2) is 8.10. The number of piperazine rings is 1. The highest BCUT2D eigenvalue weighted by atomic mass is 19.1. The molecule has 3 rings (SSSR count). The molecule has 2 amide bonds. The first-order chi connectivity index (χ1) is 12.5. The van der Waals surface area contributed by atoms with Gasteiger partial charge in [0.05, 0.1) is 0 Å². The molecule has 1 fully saturated rings. The summed E-state index contributed by atoms with van der Waals surface area (Å²) in [7, 11) is 0. The molecule has 5 nitrogen and oxygen atoms in total. The van der Waals surface area contributed by atoms with Gasteiger partial charge in [-0.3, -0.25) is 14.5 Å². The van der Waals surface area contributed by atoms with E-state index in [9.17, 15) is 14.0 Å². The summed E-state index contributed by atoms with van der Waals surface area (Å²) in [4.78, 5) is 28.2. The van der Waals surface area contributed by atoms with Crippen LogP contribution < -0.4 is 5.73 Å². The molecule has 1 atom stereocenters. The van der Waals surface area contributed by atoms with Crippen molar-refractivity contribution in [2.24, 2.45) is 5.73 Å². The summed E-state index contributed by atoms with van der Waals surface area (Å²) in [6.45, 7) is 2.04. The van der Waals surface area contributed by atoms with Gasteiger partial charge in [-0.1, -0.05) is 30.3 Å². The average molecular weight is 355 g/mol. The summed E-state index contributed by atoms with van der Waals surface area (Å²) in [5, 5.41) is 0. The van der Waals surface area contributed by atoms with Crippen molar-refractivity contribution in [3.05, 3.63) is 71.5 Å². The highest BCUT2D eigenvalue weighted by Gasteiger charge is 2.33. The van der Waals surface area contributed by atoms with E-state index in [0.29, 0.717) is 25.2 Å². The lowest BCUT2D eigenvalue weighted by atomic mass is 10.1. The van der Waals surface area contributed by atoms with Crippen molar-refractivity contribution in [2.75, 3.05) is 26.2 Å². The zero-order chi connectivity index (χ0) is 18.5. The van der Waals surface area contributed by atoms with Crippen molar-refractivity contribution >= 4 is 11.8 Å². The number of halogens is 1. The van der Waals surface area contributed by atoms with Gasteiger partial charge in [-0.15, -0.1) is 0 Å². The first-order valence-electron chi connectivity index (χ1n) is 8.67. The van der Waals surface area contributed by atoms with Crippen molar-refractivity contribution in [3.63, 3.8) is 0 Å². The van der Waals surface area contributed by atoms with Crippen LogP contribution in [0.15, 0.2) is 54.6 Å². The summed E-state index contributed by atoms with van der Waals surface area (Å²) < 4.78 is 13.0. The minimum absolute atomic E-state index is 0.209. The van der Waals surface area contributed by atoms with Crippen LogP contribution in [0.1, 0.15) is 15.9 Å². The van der Waals surface area contributed by atoms with Crippen molar-refractivity contribution in [1.82, 2.24) is 9.80 Å². The highest BCUT2D eigenvalue weighted by Crippen LogP contribution is 2.15. The molecule has 2 N–H and O–H groups in total. The third-order valence-corrected chi connectivity index (χ3v) is 4.73. The van der Waals surface area contributed by atoms with Crippen molar-refractivity contribution in [3.8, 4) is 0 Å². The Balaban J connectivity index is 1.64. The Morgan fingerprint density at radius 2 is 1.73 bits per heavy atom. The normalized spacial score (nSPS) is 17.9. The van der Waals surface area contributed by atoms with Crippen LogP contribution in [0.5, 0.6) is 0 Å². The number of nitrogens with zero attached hydrogens (tertiary/aromatic N) is 2. The van der Waals surface area contributed by atoms with Crippen LogP contribution in [0, 0.1) is 5.82 Å². The standard InChI is InChI=1S/C20H22FN3O2/c21-17-8-6-16(7-9-17)20(26)24-13-12-23(18(14-24)19(22)25)11-10-15-4-2-1-3-5-15/h1-9,18H,10-14H2,(H2,22,25)/t18-/m0/s1.